The molecule has 5 nitrogen and oxygen atoms in total. The topological polar surface area (TPSA) is 65.9 Å². The summed E-state index contributed by atoms with van der Waals surface area (Å²) in [6, 6.07) is 16.1. The summed E-state index contributed by atoms with van der Waals surface area (Å²) in [5.74, 6) is 1.52. The fraction of sp³-hybridized carbons (Fsp3) is 0.409. The van der Waals surface area contributed by atoms with Gasteiger partial charge in [0, 0.05) is 18.5 Å². The molecule has 0 heterocycles. The third-order valence-electron chi connectivity index (χ3n) is 5.07. The maximum atomic E-state index is 9.69. The zero-order valence-corrected chi connectivity index (χ0v) is 18.9. The molecule has 1 aliphatic rings. The Balaban J connectivity index is 0.00000280. The molecular weight excluding hydrogens is 465 g/mol. The summed E-state index contributed by atoms with van der Waals surface area (Å²) in [4.78, 5) is 4.83. The van der Waals surface area contributed by atoms with Gasteiger partial charge in [-0.3, -0.25) is 4.99 Å². The lowest BCUT2D eigenvalue weighted by Crippen LogP contribution is -2.39. The number of hydrogen-bond donors (Lipinski definition) is 3. The van der Waals surface area contributed by atoms with Crippen LogP contribution < -0.4 is 15.4 Å². The van der Waals surface area contributed by atoms with Gasteiger partial charge in [0.05, 0.1) is 13.7 Å². The van der Waals surface area contributed by atoms with Crippen molar-refractivity contribution in [3.05, 3.63) is 59.7 Å². The van der Waals surface area contributed by atoms with Crippen LogP contribution in [0.3, 0.4) is 0 Å². The highest BCUT2D eigenvalue weighted by Crippen LogP contribution is 2.48. The molecule has 0 unspecified atom stereocenters. The number of benzene rings is 2. The lowest BCUT2D eigenvalue weighted by atomic mass is 9.96. The number of methoxy groups -OCH3 is 1. The van der Waals surface area contributed by atoms with Crippen molar-refractivity contribution < 1.29 is 9.84 Å². The molecular formula is C22H30IN3O2. The summed E-state index contributed by atoms with van der Waals surface area (Å²) in [7, 11) is 1.56. The minimum atomic E-state index is 0. The van der Waals surface area contributed by atoms with Crippen molar-refractivity contribution in [3.63, 3.8) is 0 Å². The summed E-state index contributed by atoms with van der Waals surface area (Å²) in [5.41, 5.74) is 2.71. The molecule has 0 aromatic heterocycles. The van der Waals surface area contributed by atoms with Crippen LogP contribution in [0.4, 0.5) is 0 Å². The minimum Gasteiger partial charge on any atom is -0.504 e. The maximum Gasteiger partial charge on any atom is 0.191 e. The van der Waals surface area contributed by atoms with Crippen molar-refractivity contribution in [2.24, 2.45) is 4.99 Å². The van der Waals surface area contributed by atoms with Gasteiger partial charge in [0.2, 0.25) is 0 Å². The molecule has 2 aromatic rings. The van der Waals surface area contributed by atoms with Crippen molar-refractivity contribution in [2.75, 3.05) is 26.7 Å². The second kappa shape index (κ2) is 10.5. The standard InChI is InChI=1S/C22H29N3O2.HI/c1-3-23-21(24-14-11-17-9-10-19(26)20(15-17)27-2)25-16-22(12-13-22)18-7-5-4-6-8-18;/h4-10,15,26H,3,11-14,16H2,1-2H3,(H2,23,24,25);1H. The van der Waals surface area contributed by atoms with Crippen LogP contribution in [0.1, 0.15) is 30.9 Å². The lowest BCUT2D eigenvalue weighted by molar-refractivity contribution is 0.373. The first kappa shape index (κ1) is 22.3. The van der Waals surface area contributed by atoms with E-state index in [2.05, 4.69) is 47.9 Å². The predicted octanol–water partition coefficient (Wildman–Crippen LogP) is 3.85. The van der Waals surface area contributed by atoms with Gasteiger partial charge in [0.25, 0.3) is 0 Å². The van der Waals surface area contributed by atoms with Gasteiger partial charge in [0.1, 0.15) is 0 Å². The first-order valence-corrected chi connectivity index (χ1v) is 9.60. The van der Waals surface area contributed by atoms with Gasteiger partial charge in [-0.15, -0.1) is 24.0 Å². The van der Waals surface area contributed by atoms with Crippen LogP contribution in [-0.2, 0) is 11.8 Å². The number of aliphatic imine (C=N–C) groups is 1. The van der Waals surface area contributed by atoms with Crippen LogP contribution in [-0.4, -0.2) is 37.8 Å². The van der Waals surface area contributed by atoms with E-state index < -0.39 is 0 Å². The van der Waals surface area contributed by atoms with Gasteiger partial charge in [-0.05, 0) is 49.4 Å². The first-order chi connectivity index (χ1) is 13.2. The number of halogens is 1. The second-order valence-corrected chi connectivity index (χ2v) is 7.02. The van der Waals surface area contributed by atoms with Crippen molar-refractivity contribution in [3.8, 4) is 11.5 Å². The van der Waals surface area contributed by atoms with E-state index in [9.17, 15) is 5.11 Å². The predicted molar refractivity (Wildman–Crippen MR) is 125 cm³/mol. The smallest absolute Gasteiger partial charge is 0.191 e. The molecule has 1 saturated carbocycles. The summed E-state index contributed by atoms with van der Waals surface area (Å²) in [6.07, 6.45) is 3.23. The van der Waals surface area contributed by atoms with Crippen LogP contribution in [0.15, 0.2) is 53.5 Å². The van der Waals surface area contributed by atoms with E-state index in [-0.39, 0.29) is 35.1 Å². The van der Waals surface area contributed by atoms with E-state index in [1.165, 1.54) is 18.4 Å². The number of ether oxygens (including phenoxy) is 1. The number of phenols is 1. The normalized spacial score (nSPS) is 14.7. The van der Waals surface area contributed by atoms with Crippen LogP contribution in [0, 0.1) is 0 Å². The molecule has 152 valence electrons. The highest BCUT2D eigenvalue weighted by atomic mass is 127. The zero-order chi connectivity index (χ0) is 19.1. The van der Waals surface area contributed by atoms with E-state index in [0.29, 0.717) is 5.75 Å². The number of guanidine groups is 1. The summed E-state index contributed by atoms with van der Waals surface area (Å²) < 4.78 is 5.17. The fourth-order valence-electron chi connectivity index (χ4n) is 3.26. The Bertz CT molecular complexity index is 777. The Labute approximate surface area is 184 Å². The number of aromatic hydroxyl groups is 1. The Morgan fingerprint density at radius 1 is 1.14 bits per heavy atom. The fourth-order valence-corrected chi connectivity index (χ4v) is 3.26. The SMILES string of the molecule is CCNC(=NCC1(c2ccccc2)CC1)NCCc1ccc(O)c(OC)c1.I. The Morgan fingerprint density at radius 3 is 2.54 bits per heavy atom. The number of hydrogen-bond acceptors (Lipinski definition) is 3. The molecule has 0 atom stereocenters. The monoisotopic (exact) mass is 495 g/mol. The number of nitrogens with one attached hydrogen (secondary N) is 2. The van der Waals surface area contributed by atoms with Crippen LogP contribution in [0.5, 0.6) is 11.5 Å². The maximum absolute atomic E-state index is 9.69. The third-order valence-corrected chi connectivity index (χ3v) is 5.07. The molecule has 0 aliphatic heterocycles. The number of nitrogens with zero attached hydrogens (tertiary/aromatic N) is 1. The van der Waals surface area contributed by atoms with E-state index >= 15 is 0 Å². The van der Waals surface area contributed by atoms with Gasteiger partial charge in [0.15, 0.2) is 17.5 Å². The lowest BCUT2D eigenvalue weighted by Gasteiger charge is -2.16. The average molecular weight is 495 g/mol. The second-order valence-electron chi connectivity index (χ2n) is 7.02. The minimum absolute atomic E-state index is 0. The van der Waals surface area contributed by atoms with Crippen molar-refractivity contribution >= 4 is 29.9 Å². The molecule has 2 aromatic carbocycles. The van der Waals surface area contributed by atoms with Crippen LogP contribution >= 0.6 is 24.0 Å². The van der Waals surface area contributed by atoms with Crippen molar-refractivity contribution in [1.29, 1.82) is 0 Å². The molecule has 0 bridgehead atoms. The van der Waals surface area contributed by atoms with E-state index in [0.717, 1.165) is 37.6 Å². The van der Waals surface area contributed by atoms with Crippen molar-refractivity contribution in [1.82, 2.24) is 10.6 Å². The van der Waals surface area contributed by atoms with Gasteiger partial charge in [-0.2, -0.15) is 0 Å². The highest BCUT2D eigenvalue weighted by Gasteiger charge is 2.43. The number of phenolic OH excluding ortho intramolecular Hbond substituents is 1. The van der Waals surface area contributed by atoms with Crippen LogP contribution in [0.2, 0.25) is 0 Å². The molecule has 6 heteroatoms. The Kier molecular flexibility index (Phi) is 8.41. The van der Waals surface area contributed by atoms with E-state index in [1.54, 1.807) is 13.2 Å². The quantitative estimate of drug-likeness (QED) is 0.296. The molecule has 1 fully saturated rings. The molecule has 0 amide bonds. The molecule has 3 N–H and O–H groups in total. The summed E-state index contributed by atoms with van der Waals surface area (Å²) >= 11 is 0. The number of rotatable bonds is 8. The first-order valence-electron chi connectivity index (χ1n) is 9.60. The Hall–Kier alpha value is -1.96. The van der Waals surface area contributed by atoms with E-state index in [1.807, 2.05) is 12.1 Å². The molecule has 3 rings (SSSR count). The van der Waals surface area contributed by atoms with Crippen LogP contribution in [0.25, 0.3) is 0 Å². The molecule has 0 radical (unpaired) electrons. The molecule has 28 heavy (non-hydrogen) atoms. The van der Waals surface area contributed by atoms with Gasteiger partial charge in [-0.25, -0.2) is 0 Å². The summed E-state index contributed by atoms with van der Waals surface area (Å²) in [5, 5.41) is 16.4. The summed E-state index contributed by atoms with van der Waals surface area (Å²) in [6.45, 7) is 4.47. The molecule has 1 aliphatic carbocycles. The van der Waals surface area contributed by atoms with Gasteiger partial charge in [-0.1, -0.05) is 36.4 Å². The Morgan fingerprint density at radius 2 is 1.89 bits per heavy atom. The van der Waals surface area contributed by atoms with Gasteiger partial charge >= 0.3 is 0 Å². The average Bonchev–Trinajstić information content (AvgIpc) is 3.49. The van der Waals surface area contributed by atoms with Gasteiger partial charge < -0.3 is 20.5 Å². The third kappa shape index (κ3) is 5.77. The molecule has 0 spiro atoms. The zero-order valence-electron chi connectivity index (χ0n) is 16.6. The van der Waals surface area contributed by atoms with Crippen molar-refractivity contribution in [2.45, 2.75) is 31.6 Å². The largest absolute Gasteiger partial charge is 0.504 e. The van der Waals surface area contributed by atoms with E-state index in [4.69, 9.17) is 9.73 Å². The highest BCUT2D eigenvalue weighted by molar-refractivity contribution is 14.0. The molecule has 0 saturated heterocycles.